The molecule has 0 spiro atoms. The fourth-order valence-electron chi connectivity index (χ4n) is 1.01. The van der Waals surface area contributed by atoms with Crippen LogP contribution in [0, 0.1) is 0 Å². The zero-order valence-corrected chi connectivity index (χ0v) is 6.75. The summed E-state index contributed by atoms with van der Waals surface area (Å²) in [5.41, 5.74) is 2.42. The Labute approximate surface area is 68.3 Å². The smallest absolute Gasteiger partial charge is 0.148 e. The van der Waals surface area contributed by atoms with E-state index in [4.69, 9.17) is 5.11 Å². The van der Waals surface area contributed by atoms with Crippen molar-refractivity contribution in [3.05, 3.63) is 29.8 Å². The number of hydrogen-bond acceptors (Lipinski definition) is 1. The first-order valence-corrected chi connectivity index (χ1v) is 3.86. The minimum atomic E-state index is 0.231. The van der Waals surface area contributed by atoms with Crippen LogP contribution in [0.5, 0.6) is 0 Å². The second-order valence-corrected chi connectivity index (χ2v) is 2.50. The number of hydrogen-bond donors (Lipinski definition) is 1. The number of aliphatic hydroxyl groups excluding tert-OH is 1. The van der Waals surface area contributed by atoms with Gasteiger partial charge in [-0.15, -0.1) is 0 Å². The molecule has 0 saturated carbocycles. The average Bonchev–Trinajstić information content (AvgIpc) is 2.07. The van der Waals surface area contributed by atoms with E-state index < -0.39 is 0 Å². The van der Waals surface area contributed by atoms with Gasteiger partial charge in [-0.2, -0.15) is 0 Å². The minimum absolute atomic E-state index is 0.231. The molecule has 0 heterocycles. The van der Waals surface area contributed by atoms with Gasteiger partial charge in [0.2, 0.25) is 0 Å². The zero-order valence-electron chi connectivity index (χ0n) is 6.75. The van der Waals surface area contributed by atoms with Crippen LogP contribution in [0.25, 0.3) is 0 Å². The number of aliphatic hydroxyl groups is 1. The van der Waals surface area contributed by atoms with Crippen molar-refractivity contribution < 1.29 is 5.11 Å². The van der Waals surface area contributed by atoms with Crippen LogP contribution < -0.4 is 5.46 Å². The normalized spacial score (nSPS) is 9.64. The van der Waals surface area contributed by atoms with Gasteiger partial charge < -0.3 is 5.11 Å². The first-order valence-electron chi connectivity index (χ1n) is 3.86. The van der Waals surface area contributed by atoms with Crippen LogP contribution in [0.3, 0.4) is 0 Å². The molecule has 0 aromatic heterocycles. The summed E-state index contributed by atoms with van der Waals surface area (Å²) in [6.07, 6.45) is 0.754. The lowest BCUT2D eigenvalue weighted by Crippen LogP contribution is -2.09. The van der Waals surface area contributed by atoms with Crippen molar-refractivity contribution in [2.45, 2.75) is 13.2 Å². The molecule has 0 aliphatic carbocycles. The molecule has 1 N–H and O–H groups in total. The highest BCUT2D eigenvalue weighted by Gasteiger charge is 1.91. The summed E-state index contributed by atoms with van der Waals surface area (Å²) >= 11 is 0. The molecule has 1 radical (unpaired) electrons. The molecule has 0 unspecified atom stereocenters. The van der Waals surface area contributed by atoms with Gasteiger partial charge in [0.15, 0.2) is 0 Å². The highest BCUT2D eigenvalue weighted by molar-refractivity contribution is 6.51. The molecular weight excluding hydrogens is 135 g/mol. The highest BCUT2D eigenvalue weighted by Crippen LogP contribution is 1.96. The fourth-order valence-corrected chi connectivity index (χ4v) is 1.01. The number of rotatable bonds is 3. The van der Waals surface area contributed by atoms with Gasteiger partial charge in [0.05, 0.1) is 0 Å². The maximum absolute atomic E-state index is 8.64. The average molecular weight is 147 g/mol. The van der Waals surface area contributed by atoms with Crippen molar-refractivity contribution in [2.24, 2.45) is 0 Å². The Morgan fingerprint density at radius 2 is 1.91 bits per heavy atom. The Morgan fingerprint density at radius 1 is 1.27 bits per heavy atom. The molecule has 2 heteroatoms. The van der Waals surface area contributed by atoms with Gasteiger partial charge in [0.25, 0.3) is 0 Å². The molecule has 0 saturated heterocycles. The van der Waals surface area contributed by atoms with E-state index >= 15 is 0 Å². The molecule has 0 aliphatic rings. The quantitative estimate of drug-likeness (QED) is 0.620. The van der Waals surface area contributed by atoms with E-state index in [2.05, 4.69) is 19.4 Å². The molecular formula is C9H12BO. The van der Waals surface area contributed by atoms with Gasteiger partial charge in [0, 0.05) is 6.61 Å². The molecule has 57 valence electrons. The Morgan fingerprint density at radius 3 is 2.36 bits per heavy atom. The summed E-state index contributed by atoms with van der Waals surface area (Å²) in [6.45, 7) is 2.25. The Balaban J connectivity index is 2.66. The molecule has 0 atom stereocenters. The molecule has 0 amide bonds. The minimum Gasteiger partial charge on any atom is -0.396 e. The highest BCUT2D eigenvalue weighted by atomic mass is 16.2. The maximum atomic E-state index is 8.64. The van der Waals surface area contributed by atoms with Crippen LogP contribution >= 0.6 is 0 Å². The Kier molecular flexibility index (Phi) is 3.18. The van der Waals surface area contributed by atoms with Gasteiger partial charge in [0.1, 0.15) is 7.28 Å². The van der Waals surface area contributed by atoms with Gasteiger partial charge in [-0.1, -0.05) is 36.6 Å². The predicted molar refractivity (Wildman–Crippen MR) is 48.5 cm³/mol. The summed E-state index contributed by atoms with van der Waals surface area (Å²) in [7, 11) is 2.06. The summed E-state index contributed by atoms with van der Waals surface area (Å²) in [5.74, 6) is 0. The molecule has 11 heavy (non-hydrogen) atoms. The van der Waals surface area contributed by atoms with Crippen molar-refractivity contribution in [1.29, 1.82) is 0 Å². The monoisotopic (exact) mass is 147 g/mol. The third-order valence-corrected chi connectivity index (χ3v) is 1.71. The van der Waals surface area contributed by atoms with Gasteiger partial charge >= 0.3 is 0 Å². The summed E-state index contributed by atoms with van der Waals surface area (Å²) in [4.78, 5) is 0. The standard InChI is InChI=1S/C9H12BO/c1-10-9-4-2-8(3-5-9)6-7-11/h2-5,11H,6-7H2,1H3. The molecule has 1 rings (SSSR count). The number of benzene rings is 1. The summed E-state index contributed by atoms with van der Waals surface area (Å²) in [5, 5.41) is 8.64. The van der Waals surface area contributed by atoms with Crippen LogP contribution in [0.1, 0.15) is 5.56 Å². The van der Waals surface area contributed by atoms with E-state index in [1.165, 1.54) is 11.0 Å². The van der Waals surface area contributed by atoms with Crippen LogP contribution in [0.15, 0.2) is 24.3 Å². The van der Waals surface area contributed by atoms with E-state index in [0.717, 1.165) is 6.42 Å². The first kappa shape index (κ1) is 8.34. The Bertz CT molecular complexity index is 205. The van der Waals surface area contributed by atoms with Crippen molar-refractivity contribution in [3.8, 4) is 0 Å². The van der Waals surface area contributed by atoms with Gasteiger partial charge in [-0.25, -0.2) is 0 Å². The Hall–Kier alpha value is -0.755. The van der Waals surface area contributed by atoms with Crippen LogP contribution in [-0.4, -0.2) is 19.0 Å². The van der Waals surface area contributed by atoms with Crippen LogP contribution in [-0.2, 0) is 6.42 Å². The molecule has 1 aromatic rings. The maximum Gasteiger partial charge on any atom is 0.148 e. The van der Waals surface area contributed by atoms with E-state index in [1.54, 1.807) is 0 Å². The van der Waals surface area contributed by atoms with Crippen molar-refractivity contribution in [2.75, 3.05) is 6.61 Å². The SMILES string of the molecule is C[B]c1ccc(CCO)cc1. The second kappa shape index (κ2) is 4.19. The fraction of sp³-hybridized carbons (Fsp3) is 0.333. The zero-order chi connectivity index (χ0) is 8.10. The molecule has 0 aliphatic heterocycles. The van der Waals surface area contributed by atoms with Crippen molar-refractivity contribution in [3.63, 3.8) is 0 Å². The van der Waals surface area contributed by atoms with Gasteiger partial charge in [-0.05, 0) is 12.0 Å². The lowest BCUT2D eigenvalue weighted by atomic mass is 9.73. The molecule has 1 nitrogen and oxygen atoms in total. The predicted octanol–water partition coefficient (Wildman–Crippen LogP) is 0.599. The summed E-state index contributed by atoms with van der Waals surface area (Å²) < 4.78 is 0. The van der Waals surface area contributed by atoms with E-state index in [-0.39, 0.29) is 6.61 Å². The summed E-state index contributed by atoms with van der Waals surface area (Å²) in [6, 6.07) is 8.22. The first-order chi connectivity index (χ1) is 5.36. The molecule has 1 aromatic carbocycles. The van der Waals surface area contributed by atoms with E-state index in [1.807, 2.05) is 19.0 Å². The van der Waals surface area contributed by atoms with Crippen molar-refractivity contribution in [1.82, 2.24) is 0 Å². The van der Waals surface area contributed by atoms with Crippen molar-refractivity contribution >= 4 is 12.7 Å². The molecule has 0 fully saturated rings. The largest absolute Gasteiger partial charge is 0.396 e. The van der Waals surface area contributed by atoms with Gasteiger partial charge in [-0.3, -0.25) is 0 Å². The van der Waals surface area contributed by atoms with E-state index in [0.29, 0.717) is 0 Å². The van der Waals surface area contributed by atoms with Crippen LogP contribution in [0.2, 0.25) is 6.82 Å². The van der Waals surface area contributed by atoms with Crippen LogP contribution in [0.4, 0.5) is 0 Å². The molecule has 0 bridgehead atoms. The third-order valence-electron chi connectivity index (χ3n) is 1.71. The van der Waals surface area contributed by atoms with E-state index in [9.17, 15) is 0 Å². The second-order valence-electron chi connectivity index (χ2n) is 2.50. The third kappa shape index (κ3) is 2.39. The lowest BCUT2D eigenvalue weighted by molar-refractivity contribution is 0.299. The topological polar surface area (TPSA) is 20.2 Å². The lowest BCUT2D eigenvalue weighted by Gasteiger charge is -1.98.